The summed E-state index contributed by atoms with van der Waals surface area (Å²) >= 11 is 8.08. The number of anilines is 4. The van der Waals surface area contributed by atoms with Crippen molar-refractivity contribution in [1.82, 2.24) is 9.47 Å². The smallest absolute Gasteiger partial charge is 0.341 e. The maximum atomic E-state index is 13.7. The normalized spacial score (nSPS) is 15.2. The number of likely N-dealkylation sites (tertiary alicyclic amines) is 1. The number of sulfonamides is 1. The third kappa shape index (κ3) is 12.3. The largest absolute Gasteiger partial charge is 0.479 e. The number of nitrogens with zero attached hydrogens (tertiary/aromatic N) is 4. The number of hydrogen-bond acceptors (Lipinski definition) is 11. The third-order valence-electron chi connectivity index (χ3n) is 13.2. The monoisotopic (exact) mass is 1000 g/mol. The van der Waals surface area contributed by atoms with Crippen molar-refractivity contribution in [3.05, 3.63) is 143 Å². The van der Waals surface area contributed by atoms with E-state index < -0.39 is 28.6 Å². The Balaban J connectivity index is 0.914. The molecule has 0 amide bonds. The summed E-state index contributed by atoms with van der Waals surface area (Å²) in [5.74, 6) is -1.08. The van der Waals surface area contributed by atoms with Crippen molar-refractivity contribution in [3.8, 4) is 22.4 Å². The zero-order chi connectivity index (χ0) is 49.4. The summed E-state index contributed by atoms with van der Waals surface area (Å²) in [5.41, 5.74) is 8.31. The van der Waals surface area contributed by atoms with Gasteiger partial charge in [0.15, 0.2) is 6.61 Å². The standard InChI is InChI=1S/C54H61ClN6O7S2/c1-4-61-38(3)51(54(65)68-35-50(63)64)52(53(61)39-13-15-41(55)16-14-39)40-9-8-10-45(34-40)60-31-29-59(30-32-60)44-19-17-42(18-20-44)57-70(66,67)48-21-22-49(37(2)33-48)56-43(36-69-47-11-6-5-7-12-47)23-26-58-27-24-46(62)25-28-58/h5-22,33-34,43,46,56-57,62H,4,23-32,35-36H2,1-3H3,(H,63,64)/t43-/m1/s1. The highest BCUT2D eigenvalue weighted by atomic mass is 35.5. The van der Waals surface area contributed by atoms with Crippen molar-refractivity contribution >= 4 is 68.1 Å². The fourth-order valence-electron chi connectivity index (χ4n) is 9.38. The molecular weight excluding hydrogens is 944 g/mol. The molecule has 2 aliphatic rings. The molecule has 0 spiro atoms. The van der Waals surface area contributed by atoms with Crippen molar-refractivity contribution in [2.75, 3.05) is 78.0 Å². The first kappa shape index (κ1) is 50.4. The summed E-state index contributed by atoms with van der Waals surface area (Å²) in [7, 11) is -3.88. The predicted octanol–water partition coefficient (Wildman–Crippen LogP) is 9.90. The lowest BCUT2D eigenvalue weighted by molar-refractivity contribution is -0.140. The number of thioether (sulfide) groups is 1. The van der Waals surface area contributed by atoms with Crippen molar-refractivity contribution < 1.29 is 33.0 Å². The van der Waals surface area contributed by atoms with Crippen LogP contribution in [0.5, 0.6) is 0 Å². The number of hydrogen-bond donors (Lipinski definition) is 4. The molecule has 0 aliphatic carbocycles. The lowest BCUT2D eigenvalue weighted by Crippen LogP contribution is -2.46. The predicted molar refractivity (Wildman–Crippen MR) is 282 cm³/mol. The van der Waals surface area contributed by atoms with Gasteiger partial charge in [-0.1, -0.05) is 54.1 Å². The van der Waals surface area contributed by atoms with E-state index in [9.17, 15) is 28.2 Å². The SMILES string of the molecule is CCn1c(C)c(C(=O)OCC(=O)O)c(-c2cccc(N3CCN(c4ccc(NS(=O)(=O)c5ccc(N[C@H](CCN6CCC(O)CC6)CSc6ccccc6)c(C)c5)cc4)CC3)c2)c1-c1ccc(Cl)cc1. The second-order valence-electron chi connectivity index (χ2n) is 17.9. The van der Waals surface area contributed by atoms with Gasteiger partial charge in [0, 0.05) is 108 Å². The first-order valence-electron chi connectivity index (χ1n) is 23.8. The second kappa shape index (κ2) is 22.8. The molecule has 0 unspecified atom stereocenters. The molecule has 0 radical (unpaired) electrons. The van der Waals surface area contributed by atoms with E-state index >= 15 is 0 Å². The van der Waals surface area contributed by atoms with Crippen LogP contribution in [0.2, 0.25) is 5.02 Å². The molecule has 2 saturated heterocycles. The number of carbonyl (C=O) groups excluding carboxylic acids is 1. The molecule has 16 heteroatoms. The molecule has 2 fully saturated rings. The number of rotatable bonds is 19. The van der Waals surface area contributed by atoms with Gasteiger partial charge in [-0.25, -0.2) is 18.0 Å². The minimum Gasteiger partial charge on any atom is -0.479 e. The van der Waals surface area contributed by atoms with Gasteiger partial charge in [0.05, 0.1) is 22.3 Å². The van der Waals surface area contributed by atoms with Crippen LogP contribution in [0.3, 0.4) is 0 Å². The van der Waals surface area contributed by atoms with E-state index in [4.69, 9.17) is 16.3 Å². The van der Waals surface area contributed by atoms with Crippen LogP contribution >= 0.6 is 23.4 Å². The summed E-state index contributed by atoms with van der Waals surface area (Å²) in [6, 6.07) is 38.7. The molecule has 368 valence electrons. The molecule has 13 nitrogen and oxygen atoms in total. The Hall–Kier alpha value is -5.97. The first-order chi connectivity index (χ1) is 33.8. The number of esters is 1. The molecule has 8 rings (SSSR count). The molecule has 6 aromatic rings. The van der Waals surface area contributed by atoms with Crippen molar-refractivity contribution in [2.45, 2.75) is 68.5 Å². The van der Waals surface area contributed by atoms with Gasteiger partial charge in [-0.2, -0.15) is 0 Å². The van der Waals surface area contributed by atoms with Crippen LogP contribution in [-0.2, 0) is 26.1 Å². The Morgan fingerprint density at radius 3 is 2.16 bits per heavy atom. The zero-order valence-electron chi connectivity index (χ0n) is 39.8. The van der Waals surface area contributed by atoms with Crippen LogP contribution in [0.4, 0.5) is 22.7 Å². The Labute approximate surface area is 420 Å². The van der Waals surface area contributed by atoms with E-state index in [1.807, 2.05) is 104 Å². The Morgan fingerprint density at radius 2 is 1.50 bits per heavy atom. The number of halogens is 1. The van der Waals surface area contributed by atoms with Crippen LogP contribution in [-0.4, -0.2) is 110 Å². The van der Waals surface area contributed by atoms with Crippen molar-refractivity contribution in [3.63, 3.8) is 0 Å². The molecule has 1 atom stereocenters. The van der Waals surface area contributed by atoms with Gasteiger partial charge in [-0.15, -0.1) is 11.8 Å². The zero-order valence-corrected chi connectivity index (χ0v) is 42.2. The highest BCUT2D eigenvalue weighted by Gasteiger charge is 2.29. The van der Waals surface area contributed by atoms with Gasteiger partial charge >= 0.3 is 11.9 Å². The number of carbonyl (C=O) groups is 2. The van der Waals surface area contributed by atoms with E-state index in [1.165, 1.54) is 4.90 Å². The minimum absolute atomic E-state index is 0.148. The molecule has 2 aliphatic heterocycles. The maximum Gasteiger partial charge on any atom is 0.341 e. The van der Waals surface area contributed by atoms with Gasteiger partial charge in [0.1, 0.15) is 0 Å². The van der Waals surface area contributed by atoms with Gasteiger partial charge in [0.25, 0.3) is 10.0 Å². The van der Waals surface area contributed by atoms with Crippen LogP contribution in [0.15, 0.2) is 131 Å². The van der Waals surface area contributed by atoms with Gasteiger partial charge < -0.3 is 39.5 Å². The Bertz CT molecular complexity index is 2870. The number of aryl methyl sites for hydroxylation is 1. The average Bonchev–Trinajstić information content (AvgIpc) is 3.67. The summed E-state index contributed by atoms with van der Waals surface area (Å²) in [6.45, 7) is 11.2. The molecule has 5 aromatic carbocycles. The summed E-state index contributed by atoms with van der Waals surface area (Å²) < 4.78 is 37.6. The quantitative estimate of drug-likeness (QED) is 0.0451. The number of piperidine rings is 1. The van der Waals surface area contributed by atoms with Gasteiger partial charge in [0.2, 0.25) is 0 Å². The Morgan fingerprint density at radius 1 is 0.814 bits per heavy atom. The highest BCUT2D eigenvalue weighted by Crippen LogP contribution is 2.41. The van der Waals surface area contributed by atoms with Crippen LogP contribution in [0, 0.1) is 13.8 Å². The number of carboxylic acid groups (broad SMARTS) is 1. The lowest BCUT2D eigenvalue weighted by Gasteiger charge is -2.37. The number of nitrogens with one attached hydrogen (secondary N) is 2. The minimum atomic E-state index is -3.88. The molecule has 1 aromatic heterocycles. The number of aliphatic hydroxyl groups is 1. The fraction of sp³-hybridized carbons (Fsp3) is 0.333. The molecule has 4 N–H and O–H groups in total. The number of piperazine rings is 1. The number of aromatic nitrogens is 1. The number of carboxylic acids is 1. The van der Waals surface area contributed by atoms with Crippen LogP contribution in [0.25, 0.3) is 22.4 Å². The topological polar surface area (TPSA) is 157 Å². The fourth-order valence-corrected chi connectivity index (χ4v) is 11.6. The summed E-state index contributed by atoms with van der Waals surface area (Å²) in [5, 5.41) is 23.6. The van der Waals surface area contributed by atoms with E-state index in [0.717, 1.165) is 97.2 Å². The highest BCUT2D eigenvalue weighted by molar-refractivity contribution is 7.99. The average molecular weight is 1010 g/mol. The third-order valence-corrected chi connectivity index (χ3v) is 16.0. The maximum absolute atomic E-state index is 13.7. The van der Waals surface area contributed by atoms with E-state index in [2.05, 4.69) is 42.9 Å². The van der Waals surface area contributed by atoms with Crippen LogP contribution in [0.1, 0.15) is 47.8 Å². The van der Waals surface area contributed by atoms with E-state index in [-0.39, 0.29) is 17.0 Å². The molecule has 70 heavy (non-hydrogen) atoms. The van der Waals surface area contributed by atoms with Gasteiger partial charge in [-0.05, 0) is 136 Å². The number of aliphatic carboxylic acids is 1. The Kier molecular flexibility index (Phi) is 16.5. The molecular formula is C54H61ClN6O7S2. The number of aliphatic hydroxyl groups excluding tert-OH is 1. The second-order valence-corrected chi connectivity index (χ2v) is 21.1. The first-order valence-corrected chi connectivity index (χ1v) is 26.7. The lowest BCUT2D eigenvalue weighted by atomic mass is 9.96. The van der Waals surface area contributed by atoms with Gasteiger partial charge in [-0.3, -0.25) is 4.72 Å². The molecule has 3 heterocycles. The van der Waals surface area contributed by atoms with Crippen molar-refractivity contribution in [1.29, 1.82) is 0 Å². The van der Waals surface area contributed by atoms with E-state index in [0.29, 0.717) is 47.2 Å². The number of benzene rings is 5. The summed E-state index contributed by atoms with van der Waals surface area (Å²) in [6.07, 6.45) is 2.31. The van der Waals surface area contributed by atoms with Crippen molar-refractivity contribution in [2.24, 2.45) is 0 Å². The van der Waals surface area contributed by atoms with Crippen LogP contribution < -0.4 is 19.8 Å². The molecule has 0 saturated carbocycles. The molecule has 0 bridgehead atoms. The number of ether oxygens (including phenoxy) is 1. The summed E-state index contributed by atoms with van der Waals surface area (Å²) in [4.78, 5) is 33.4. The van der Waals surface area contributed by atoms with E-state index in [1.54, 1.807) is 36.0 Å².